The van der Waals surface area contributed by atoms with Crippen molar-refractivity contribution in [2.75, 3.05) is 13.1 Å². The van der Waals surface area contributed by atoms with E-state index in [1.54, 1.807) is 4.90 Å². The number of carbonyl (C=O) groups is 2. The van der Waals surface area contributed by atoms with E-state index in [4.69, 9.17) is 5.21 Å². The van der Waals surface area contributed by atoms with Gasteiger partial charge in [0.25, 0.3) is 11.8 Å². The maximum atomic E-state index is 12.3. The molecule has 110 valence electrons. The van der Waals surface area contributed by atoms with E-state index < -0.39 is 5.91 Å². The van der Waals surface area contributed by atoms with E-state index in [1.807, 2.05) is 0 Å². The second-order valence-corrected chi connectivity index (χ2v) is 5.41. The maximum Gasteiger partial charge on any atom is 0.295 e. The Morgan fingerprint density at radius 2 is 2.25 bits per heavy atom. The molecule has 0 atom stereocenters. The van der Waals surface area contributed by atoms with Crippen molar-refractivity contribution in [3.8, 4) is 0 Å². The molecule has 0 spiro atoms. The molecule has 1 aromatic heterocycles. The van der Waals surface area contributed by atoms with Gasteiger partial charge in [-0.3, -0.25) is 19.5 Å². The van der Waals surface area contributed by atoms with Crippen LogP contribution in [0.25, 0.3) is 0 Å². The first-order valence-corrected chi connectivity index (χ1v) is 6.84. The second-order valence-electron chi connectivity index (χ2n) is 5.41. The molecule has 0 saturated heterocycles. The zero-order chi connectivity index (χ0) is 14.7. The molecule has 0 saturated carbocycles. The maximum absolute atomic E-state index is 12.3. The average molecular weight is 280 g/mol. The lowest BCUT2D eigenvalue weighted by atomic mass is 10.1. The van der Waals surface area contributed by atoms with E-state index in [2.05, 4.69) is 18.9 Å². The van der Waals surface area contributed by atoms with Gasteiger partial charge < -0.3 is 4.90 Å². The number of rotatable bonds is 5. The fourth-order valence-corrected chi connectivity index (χ4v) is 2.31. The standard InChI is InChI=1S/C13H20N4O3/c1-9(2)4-3-5-16-6-7-17-11(13(16)19)8-10(14-17)12(18)15-20/h8-9,20H,3-7H2,1-2H3,(H,15,18). The highest BCUT2D eigenvalue weighted by Crippen LogP contribution is 2.15. The number of aromatic nitrogens is 2. The molecular formula is C13H20N4O3. The summed E-state index contributed by atoms with van der Waals surface area (Å²) in [5, 5.41) is 12.6. The van der Waals surface area contributed by atoms with Gasteiger partial charge in [-0.2, -0.15) is 5.10 Å². The Morgan fingerprint density at radius 1 is 1.50 bits per heavy atom. The molecule has 0 aromatic carbocycles. The predicted octanol–water partition coefficient (Wildman–Crippen LogP) is 0.894. The van der Waals surface area contributed by atoms with E-state index in [9.17, 15) is 9.59 Å². The molecule has 2 amide bonds. The van der Waals surface area contributed by atoms with Gasteiger partial charge >= 0.3 is 0 Å². The lowest BCUT2D eigenvalue weighted by Gasteiger charge is -2.27. The monoisotopic (exact) mass is 280 g/mol. The Morgan fingerprint density at radius 3 is 2.90 bits per heavy atom. The van der Waals surface area contributed by atoms with Crippen LogP contribution in [0, 0.1) is 5.92 Å². The van der Waals surface area contributed by atoms with Gasteiger partial charge in [0.15, 0.2) is 5.69 Å². The molecule has 1 aliphatic rings. The zero-order valence-electron chi connectivity index (χ0n) is 11.8. The van der Waals surface area contributed by atoms with Crippen molar-refractivity contribution in [2.45, 2.75) is 33.2 Å². The van der Waals surface area contributed by atoms with Crippen LogP contribution in [0.4, 0.5) is 0 Å². The van der Waals surface area contributed by atoms with E-state index >= 15 is 0 Å². The minimum absolute atomic E-state index is 0.0554. The number of amides is 2. The summed E-state index contributed by atoms with van der Waals surface area (Å²) in [6.07, 6.45) is 2.06. The molecule has 0 fully saturated rings. The van der Waals surface area contributed by atoms with Gasteiger partial charge in [-0.25, -0.2) is 5.48 Å². The highest BCUT2D eigenvalue weighted by molar-refractivity contribution is 5.97. The number of nitrogens with one attached hydrogen (secondary N) is 1. The molecule has 0 unspecified atom stereocenters. The second kappa shape index (κ2) is 6.04. The number of hydrogen-bond acceptors (Lipinski definition) is 4. The lowest BCUT2D eigenvalue weighted by molar-refractivity contribution is 0.0684. The predicted molar refractivity (Wildman–Crippen MR) is 71.5 cm³/mol. The average Bonchev–Trinajstić information content (AvgIpc) is 2.85. The summed E-state index contributed by atoms with van der Waals surface area (Å²) in [7, 11) is 0. The van der Waals surface area contributed by atoms with Crippen LogP contribution in [0.3, 0.4) is 0 Å². The Hall–Kier alpha value is -1.89. The van der Waals surface area contributed by atoms with Crippen LogP contribution in [0.5, 0.6) is 0 Å². The van der Waals surface area contributed by atoms with Gasteiger partial charge in [0, 0.05) is 19.2 Å². The Labute approximate surface area is 117 Å². The molecule has 2 heterocycles. The molecule has 20 heavy (non-hydrogen) atoms. The first-order chi connectivity index (χ1) is 9.52. The van der Waals surface area contributed by atoms with Crippen molar-refractivity contribution in [3.63, 3.8) is 0 Å². The van der Waals surface area contributed by atoms with Crippen LogP contribution < -0.4 is 5.48 Å². The van der Waals surface area contributed by atoms with Gasteiger partial charge in [-0.15, -0.1) is 0 Å². The van der Waals surface area contributed by atoms with E-state index in [0.717, 1.165) is 19.4 Å². The third-order valence-corrected chi connectivity index (χ3v) is 3.41. The van der Waals surface area contributed by atoms with Gasteiger partial charge in [-0.1, -0.05) is 13.8 Å². The van der Waals surface area contributed by atoms with Crippen molar-refractivity contribution < 1.29 is 14.8 Å². The number of carbonyl (C=O) groups excluding carboxylic acids is 2. The first-order valence-electron chi connectivity index (χ1n) is 6.84. The third kappa shape index (κ3) is 2.98. The Balaban J connectivity index is 2.05. The zero-order valence-corrected chi connectivity index (χ0v) is 11.8. The number of nitrogens with zero attached hydrogens (tertiary/aromatic N) is 3. The van der Waals surface area contributed by atoms with Crippen molar-refractivity contribution in [1.29, 1.82) is 0 Å². The van der Waals surface area contributed by atoms with Gasteiger partial charge in [-0.05, 0) is 18.8 Å². The molecule has 0 radical (unpaired) electrons. The summed E-state index contributed by atoms with van der Waals surface area (Å²) in [4.78, 5) is 25.4. The summed E-state index contributed by atoms with van der Waals surface area (Å²) in [6, 6.07) is 1.42. The van der Waals surface area contributed by atoms with E-state index in [1.165, 1.54) is 16.2 Å². The third-order valence-electron chi connectivity index (χ3n) is 3.41. The first kappa shape index (κ1) is 14.5. The summed E-state index contributed by atoms with van der Waals surface area (Å²) in [5.74, 6) is -0.184. The molecule has 1 aliphatic heterocycles. The number of fused-ring (bicyclic) bond motifs is 1. The minimum Gasteiger partial charge on any atom is -0.335 e. The van der Waals surface area contributed by atoms with Crippen molar-refractivity contribution >= 4 is 11.8 Å². The fourth-order valence-electron chi connectivity index (χ4n) is 2.31. The number of hydrogen-bond donors (Lipinski definition) is 2. The van der Waals surface area contributed by atoms with Crippen molar-refractivity contribution in [1.82, 2.24) is 20.2 Å². The largest absolute Gasteiger partial charge is 0.335 e. The summed E-state index contributed by atoms with van der Waals surface area (Å²) in [5.41, 5.74) is 1.98. The molecule has 7 nitrogen and oxygen atoms in total. The molecule has 2 rings (SSSR count). The smallest absolute Gasteiger partial charge is 0.295 e. The highest BCUT2D eigenvalue weighted by atomic mass is 16.5. The SMILES string of the molecule is CC(C)CCCN1CCn2nc(C(=O)NO)cc2C1=O. The van der Waals surface area contributed by atoms with Crippen LogP contribution in [0.15, 0.2) is 6.07 Å². The lowest BCUT2D eigenvalue weighted by Crippen LogP contribution is -2.40. The minimum atomic E-state index is -0.703. The normalized spacial score (nSPS) is 14.6. The van der Waals surface area contributed by atoms with Crippen LogP contribution in [-0.2, 0) is 6.54 Å². The Bertz CT molecular complexity index is 510. The van der Waals surface area contributed by atoms with Gasteiger partial charge in [0.05, 0.1) is 6.54 Å². The van der Waals surface area contributed by atoms with Crippen LogP contribution >= 0.6 is 0 Å². The summed E-state index contributed by atoms with van der Waals surface area (Å²) in [6.45, 7) is 6.22. The van der Waals surface area contributed by atoms with Crippen LogP contribution in [0.2, 0.25) is 0 Å². The highest BCUT2D eigenvalue weighted by Gasteiger charge is 2.27. The molecule has 7 heteroatoms. The summed E-state index contributed by atoms with van der Waals surface area (Å²) >= 11 is 0. The fraction of sp³-hybridized carbons (Fsp3) is 0.615. The molecule has 0 aliphatic carbocycles. The quantitative estimate of drug-likeness (QED) is 0.619. The topological polar surface area (TPSA) is 87.5 Å². The van der Waals surface area contributed by atoms with Gasteiger partial charge in [0.2, 0.25) is 0 Å². The van der Waals surface area contributed by atoms with Crippen LogP contribution in [-0.4, -0.2) is 44.8 Å². The molecular weight excluding hydrogens is 260 g/mol. The van der Waals surface area contributed by atoms with E-state index in [-0.39, 0.29) is 11.6 Å². The molecule has 1 aromatic rings. The Kier molecular flexibility index (Phi) is 4.39. The van der Waals surface area contributed by atoms with Gasteiger partial charge in [0.1, 0.15) is 5.69 Å². The number of hydroxylamine groups is 1. The molecule has 2 N–H and O–H groups in total. The van der Waals surface area contributed by atoms with Crippen LogP contribution in [0.1, 0.15) is 47.7 Å². The summed E-state index contributed by atoms with van der Waals surface area (Å²) < 4.78 is 1.52. The van der Waals surface area contributed by atoms with E-state index in [0.29, 0.717) is 24.7 Å². The van der Waals surface area contributed by atoms with Crippen molar-refractivity contribution in [2.24, 2.45) is 5.92 Å². The molecule has 0 bridgehead atoms. The van der Waals surface area contributed by atoms with Crippen molar-refractivity contribution in [3.05, 3.63) is 17.5 Å².